The fraction of sp³-hybridized carbons (Fsp3) is 0.450. The van der Waals surface area contributed by atoms with Gasteiger partial charge in [-0.1, -0.05) is 13.3 Å². The minimum atomic E-state index is -0.0840. The molecule has 2 amide bonds. The summed E-state index contributed by atoms with van der Waals surface area (Å²) < 4.78 is 5.20. The molecule has 0 bridgehead atoms. The van der Waals surface area contributed by atoms with E-state index in [9.17, 15) is 9.59 Å². The lowest BCUT2D eigenvalue weighted by Crippen LogP contribution is -2.48. The number of unbranched alkanes of at least 4 members (excludes halogenated alkanes) is 1. The molecule has 1 fully saturated rings. The largest absolute Gasteiger partial charge is 0.459 e. The molecule has 27 heavy (non-hydrogen) atoms. The van der Waals surface area contributed by atoms with E-state index in [2.05, 4.69) is 16.8 Å². The third-order valence-corrected chi connectivity index (χ3v) is 4.83. The summed E-state index contributed by atoms with van der Waals surface area (Å²) in [6.07, 6.45) is 6.94. The Kier molecular flexibility index (Phi) is 6.11. The monoisotopic (exact) mass is 370 g/mol. The fourth-order valence-corrected chi connectivity index (χ4v) is 3.16. The van der Waals surface area contributed by atoms with Gasteiger partial charge in [-0.05, 0) is 24.6 Å². The van der Waals surface area contributed by atoms with Crippen LogP contribution in [0, 0.1) is 0 Å². The van der Waals surface area contributed by atoms with Crippen LogP contribution in [0.2, 0.25) is 0 Å². The molecule has 0 radical (unpaired) electrons. The highest BCUT2D eigenvalue weighted by Crippen LogP contribution is 2.19. The van der Waals surface area contributed by atoms with Crippen LogP contribution in [0.25, 0.3) is 0 Å². The van der Waals surface area contributed by atoms with Gasteiger partial charge in [-0.15, -0.1) is 0 Å². The minimum Gasteiger partial charge on any atom is -0.459 e. The van der Waals surface area contributed by atoms with Gasteiger partial charge in [0.25, 0.3) is 11.8 Å². The summed E-state index contributed by atoms with van der Waals surface area (Å²) in [7, 11) is 1.82. The average Bonchev–Trinajstić information content (AvgIpc) is 3.26. The summed E-state index contributed by atoms with van der Waals surface area (Å²) in [6, 6.07) is 5.29. The van der Waals surface area contributed by atoms with E-state index in [1.165, 1.54) is 6.26 Å². The number of aromatic nitrogens is 1. The highest BCUT2D eigenvalue weighted by Gasteiger charge is 2.24. The second kappa shape index (κ2) is 8.70. The highest BCUT2D eigenvalue weighted by molar-refractivity contribution is 5.94. The highest BCUT2D eigenvalue weighted by atomic mass is 16.3. The third-order valence-electron chi connectivity index (χ3n) is 4.83. The summed E-state index contributed by atoms with van der Waals surface area (Å²) >= 11 is 0. The smallest absolute Gasteiger partial charge is 0.289 e. The number of furan rings is 1. The van der Waals surface area contributed by atoms with Gasteiger partial charge in [-0.25, -0.2) is 0 Å². The van der Waals surface area contributed by atoms with E-state index in [0.29, 0.717) is 37.5 Å². The Balaban J connectivity index is 1.61. The quantitative estimate of drug-likeness (QED) is 0.781. The summed E-state index contributed by atoms with van der Waals surface area (Å²) in [5.74, 6) is 0.275. The molecule has 0 unspecified atom stereocenters. The standard InChI is InChI=1S/C20H26N4O3/c1-3-4-7-22(2)19(25)16-13-17(15-21-14-16)23-8-10-24(11-9-23)20(26)18-6-5-12-27-18/h5-6,12-15H,3-4,7-11H2,1-2H3. The van der Waals surface area contributed by atoms with Crippen molar-refractivity contribution in [1.82, 2.24) is 14.8 Å². The number of carbonyl (C=O) groups is 2. The molecule has 1 aliphatic heterocycles. The van der Waals surface area contributed by atoms with Crippen LogP contribution in [0.1, 0.15) is 40.7 Å². The minimum absolute atomic E-state index is 0.00978. The van der Waals surface area contributed by atoms with Crippen molar-refractivity contribution in [1.29, 1.82) is 0 Å². The zero-order chi connectivity index (χ0) is 19.2. The predicted octanol–water partition coefficient (Wildman–Crippen LogP) is 2.51. The van der Waals surface area contributed by atoms with E-state index in [4.69, 9.17) is 4.42 Å². The maximum atomic E-state index is 12.6. The summed E-state index contributed by atoms with van der Waals surface area (Å²) in [5, 5.41) is 0. The molecule has 0 aliphatic carbocycles. The van der Waals surface area contributed by atoms with E-state index >= 15 is 0 Å². The maximum absolute atomic E-state index is 12.6. The van der Waals surface area contributed by atoms with E-state index in [0.717, 1.165) is 25.1 Å². The van der Waals surface area contributed by atoms with Crippen molar-refractivity contribution in [2.24, 2.45) is 0 Å². The van der Waals surface area contributed by atoms with E-state index in [1.54, 1.807) is 34.3 Å². The topological polar surface area (TPSA) is 69.9 Å². The Morgan fingerprint density at radius 1 is 1.22 bits per heavy atom. The average molecular weight is 370 g/mol. The zero-order valence-corrected chi connectivity index (χ0v) is 15.9. The van der Waals surface area contributed by atoms with Gasteiger partial charge < -0.3 is 19.1 Å². The first-order valence-corrected chi connectivity index (χ1v) is 9.38. The van der Waals surface area contributed by atoms with E-state index in [1.807, 2.05) is 13.1 Å². The van der Waals surface area contributed by atoms with Gasteiger partial charge in [0, 0.05) is 46.0 Å². The molecule has 7 heteroatoms. The van der Waals surface area contributed by atoms with Crippen molar-refractivity contribution in [2.75, 3.05) is 44.7 Å². The first kappa shape index (κ1) is 18.9. The van der Waals surface area contributed by atoms with Crippen molar-refractivity contribution < 1.29 is 14.0 Å². The molecule has 0 atom stereocenters. The molecule has 2 aromatic rings. The first-order chi connectivity index (χ1) is 13.1. The number of amides is 2. The van der Waals surface area contributed by atoms with Crippen LogP contribution in [0.4, 0.5) is 5.69 Å². The molecule has 0 saturated carbocycles. The Morgan fingerprint density at radius 2 is 2.00 bits per heavy atom. The van der Waals surface area contributed by atoms with Gasteiger partial charge >= 0.3 is 0 Å². The van der Waals surface area contributed by atoms with Crippen LogP contribution < -0.4 is 4.90 Å². The van der Waals surface area contributed by atoms with Crippen molar-refractivity contribution in [3.63, 3.8) is 0 Å². The number of pyridine rings is 1. The van der Waals surface area contributed by atoms with Gasteiger partial charge in [0.15, 0.2) is 5.76 Å². The lowest BCUT2D eigenvalue weighted by molar-refractivity contribution is 0.0714. The molecule has 144 valence electrons. The first-order valence-electron chi connectivity index (χ1n) is 9.38. The molecular formula is C20H26N4O3. The molecule has 1 aliphatic rings. The molecule has 1 saturated heterocycles. The Hall–Kier alpha value is -2.83. The van der Waals surface area contributed by atoms with Crippen LogP contribution in [0.15, 0.2) is 41.3 Å². The fourth-order valence-electron chi connectivity index (χ4n) is 3.16. The summed E-state index contributed by atoms with van der Waals surface area (Å²) in [4.78, 5) is 34.9. The van der Waals surface area contributed by atoms with Crippen molar-refractivity contribution in [3.8, 4) is 0 Å². The summed E-state index contributed by atoms with van der Waals surface area (Å²) in [5.41, 5.74) is 1.51. The molecule has 0 aromatic carbocycles. The molecule has 0 spiro atoms. The molecule has 2 aromatic heterocycles. The van der Waals surface area contributed by atoms with Gasteiger partial charge in [0.1, 0.15) is 0 Å². The van der Waals surface area contributed by atoms with Crippen molar-refractivity contribution in [3.05, 3.63) is 48.2 Å². The maximum Gasteiger partial charge on any atom is 0.289 e. The second-order valence-electron chi connectivity index (χ2n) is 6.77. The van der Waals surface area contributed by atoms with E-state index < -0.39 is 0 Å². The molecule has 0 N–H and O–H groups in total. The van der Waals surface area contributed by atoms with E-state index in [-0.39, 0.29) is 11.8 Å². The normalized spacial score (nSPS) is 14.3. The molecule has 3 heterocycles. The van der Waals surface area contributed by atoms with Gasteiger partial charge in [-0.2, -0.15) is 0 Å². The van der Waals surface area contributed by atoms with Crippen LogP contribution in [0.5, 0.6) is 0 Å². The molecular weight excluding hydrogens is 344 g/mol. The lowest BCUT2D eigenvalue weighted by atomic mass is 10.2. The van der Waals surface area contributed by atoms with Crippen LogP contribution in [-0.4, -0.2) is 66.4 Å². The number of hydrogen-bond donors (Lipinski definition) is 0. The summed E-state index contributed by atoms with van der Waals surface area (Å²) in [6.45, 7) is 5.45. The number of carbonyl (C=O) groups excluding carboxylic acids is 2. The molecule has 7 nitrogen and oxygen atoms in total. The number of hydrogen-bond acceptors (Lipinski definition) is 5. The van der Waals surface area contributed by atoms with Crippen molar-refractivity contribution >= 4 is 17.5 Å². The van der Waals surface area contributed by atoms with Gasteiger partial charge in [0.2, 0.25) is 0 Å². The third kappa shape index (κ3) is 4.48. The predicted molar refractivity (Wildman–Crippen MR) is 103 cm³/mol. The number of anilines is 1. The number of rotatable bonds is 6. The lowest BCUT2D eigenvalue weighted by Gasteiger charge is -2.35. The Bertz CT molecular complexity index is 767. The Labute approximate surface area is 159 Å². The van der Waals surface area contributed by atoms with Crippen LogP contribution >= 0.6 is 0 Å². The SMILES string of the molecule is CCCCN(C)C(=O)c1cncc(N2CCN(C(=O)c3ccco3)CC2)c1. The van der Waals surface area contributed by atoms with Crippen LogP contribution in [0.3, 0.4) is 0 Å². The second-order valence-corrected chi connectivity index (χ2v) is 6.77. The van der Waals surface area contributed by atoms with Crippen LogP contribution in [-0.2, 0) is 0 Å². The van der Waals surface area contributed by atoms with Crippen molar-refractivity contribution in [2.45, 2.75) is 19.8 Å². The zero-order valence-electron chi connectivity index (χ0n) is 15.9. The molecule has 3 rings (SSSR count). The van der Waals surface area contributed by atoms with Gasteiger partial charge in [0.05, 0.1) is 23.7 Å². The van der Waals surface area contributed by atoms with Gasteiger partial charge in [-0.3, -0.25) is 14.6 Å². The number of nitrogens with zero attached hydrogens (tertiary/aromatic N) is 4. The number of piperazine rings is 1. The Morgan fingerprint density at radius 3 is 2.67 bits per heavy atom.